The summed E-state index contributed by atoms with van der Waals surface area (Å²) in [6.07, 6.45) is 1.82. The second-order valence-electron chi connectivity index (χ2n) is 7.10. The Morgan fingerprint density at radius 3 is 2.41 bits per heavy atom. The molecule has 7 heteroatoms. The summed E-state index contributed by atoms with van der Waals surface area (Å²) in [6, 6.07) is 21.3. The van der Waals surface area contributed by atoms with Gasteiger partial charge in [-0.25, -0.2) is 4.39 Å². The summed E-state index contributed by atoms with van der Waals surface area (Å²) < 4.78 is 24.7. The van der Waals surface area contributed by atoms with E-state index < -0.39 is 0 Å². The number of benzene rings is 3. The first-order valence-corrected chi connectivity index (χ1v) is 11.1. The van der Waals surface area contributed by atoms with E-state index in [2.05, 4.69) is 0 Å². The maximum Gasteiger partial charge on any atom is 0.266 e. The normalized spacial score (nSPS) is 14.8. The first-order chi connectivity index (χ1) is 15.5. The zero-order valence-electron chi connectivity index (χ0n) is 17.3. The minimum atomic E-state index is -0.286. The third kappa shape index (κ3) is 5.36. The maximum atomic E-state index is 13.3. The van der Waals surface area contributed by atoms with E-state index in [1.54, 1.807) is 18.1 Å². The van der Waals surface area contributed by atoms with Gasteiger partial charge in [0.15, 0.2) is 0 Å². The molecule has 0 N–H and O–H groups in total. The van der Waals surface area contributed by atoms with Gasteiger partial charge in [-0.3, -0.25) is 9.69 Å². The van der Waals surface area contributed by atoms with Crippen LogP contribution in [0.3, 0.4) is 0 Å². The highest BCUT2D eigenvalue weighted by Gasteiger charge is 2.31. The SMILES string of the molecule is COc1ccc(CN2C(=O)/C(=C/c3ccc(OCc4cccc(F)c4)cc3)SC2=S)cc1. The van der Waals surface area contributed by atoms with E-state index in [1.807, 2.05) is 60.7 Å². The van der Waals surface area contributed by atoms with Gasteiger partial charge in [0.05, 0.1) is 18.6 Å². The van der Waals surface area contributed by atoms with Gasteiger partial charge in [-0.05, 0) is 59.2 Å². The summed E-state index contributed by atoms with van der Waals surface area (Å²) in [6.45, 7) is 0.694. The van der Waals surface area contributed by atoms with Crippen LogP contribution in [-0.2, 0) is 17.9 Å². The number of halogens is 1. The number of carbonyl (C=O) groups is 1. The molecule has 0 aromatic heterocycles. The van der Waals surface area contributed by atoms with Crippen molar-refractivity contribution in [2.45, 2.75) is 13.2 Å². The molecule has 4 nitrogen and oxygen atoms in total. The Morgan fingerprint density at radius 2 is 1.72 bits per heavy atom. The van der Waals surface area contributed by atoms with Crippen molar-refractivity contribution in [3.05, 3.63) is 100 Å². The lowest BCUT2D eigenvalue weighted by molar-refractivity contribution is -0.122. The predicted molar refractivity (Wildman–Crippen MR) is 129 cm³/mol. The number of ether oxygens (including phenoxy) is 2. The van der Waals surface area contributed by atoms with Crippen LogP contribution in [0, 0.1) is 5.82 Å². The number of carbonyl (C=O) groups excluding carboxylic acids is 1. The van der Waals surface area contributed by atoms with Crippen LogP contribution < -0.4 is 9.47 Å². The Bertz CT molecular complexity index is 1160. The van der Waals surface area contributed by atoms with Crippen LogP contribution in [0.25, 0.3) is 6.08 Å². The number of hydrogen-bond acceptors (Lipinski definition) is 5. The Hall–Kier alpha value is -3.16. The molecule has 0 saturated carbocycles. The van der Waals surface area contributed by atoms with Crippen LogP contribution in [0.2, 0.25) is 0 Å². The van der Waals surface area contributed by atoms with Crippen LogP contribution in [0.5, 0.6) is 11.5 Å². The first kappa shape index (κ1) is 22.0. The lowest BCUT2D eigenvalue weighted by Gasteiger charge is -2.14. The van der Waals surface area contributed by atoms with Crippen molar-refractivity contribution in [2.24, 2.45) is 0 Å². The van der Waals surface area contributed by atoms with Crippen LogP contribution in [0.4, 0.5) is 4.39 Å². The van der Waals surface area contributed by atoms with E-state index in [9.17, 15) is 9.18 Å². The minimum absolute atomic E-state index is 0.109. The van der Waals surface area contributed by atoms with Crippen molar-refractivity contribution in [3.8, 4) is 11.5 Å². The molecule has 1 aliphatic heterocycles. The molecular weight excluding hydrogens is 445 g/mol. The molecule has 1 saturated heterocycles. The lowest BCUT2D eigenvalue weighted by atomic mass is 10.2. The second-order valence-corrected chi connectivity index (χ2v) is 8.78. The Morgan fingerprint density at radius 1 is 1.00 bits per heavy atom. The summed E-state index contributed by atoms with van der Waals surface area (Å²) in [5.74, 6) is 1.04. The minimum Gasteiger partial charge on any atom is -0.497 e. The van der Waals surface area contributed by atoms with Gasteiger partial charge in [0.2, 0.25) is 0 Å². The monoisotopic (exact) mass is 465 g/mol. The van der Waals surface area contributed by atoms with Crippen LogP contribution in [0.15, 0.2) is 77.7 Å². The van der Waals surface area contributed by atoms with Crippen molar-refractivity contribution in [1.29, 1.82) is 0 Å². The Labute approximate surface area is 195 Å². The highest BCUT2D eigenvalue weighted by Crippen LogP contribution is 2.34. The van der Waals surface area contributed by atoms with Gasteiger partial charge in [-0.15, -0.1) is 0 Å². The second kappa shape index (κ2) is 9.97. The molecule has 0 radical (unpaired) electrons. The van der Waals surface area contributed by atoms with Crippen molar-refractivity contribution < 1.29 is 18.7 Å². The molecular formula is C25H20FNO3S2. The van der Waals surface area contributed by atoms with E-state index >= 15 is 0 Å². The molecule has 1 amide bonds. The third-order valence-electron chi connectivity index (χ3n) is 4.85. The van der Waals surface area contributed by atoms with E-state index in [0.717, 1.165) is 22.4 Å². The molecule has 1 heterocycles. The number of thiocarbonyl (C=S) groups is 1. The molecule has 4 rings (SSSR count). The average Bonchev–Trinajstić information content (AvgIpc) is 3.06. The van der Waals surface area contributed by atoms with Gasteiger partial charge in [0.25, 0.3) is 5.91 Å². The molecule has 1 fully saturated rings. The summed E-state index contributed by atoms with van der Waals surface area (Å²) in [4.78, 5) is 15.1. The van der Waals surface area contributed by atoms with Crippen molar-refractivity contribution in [3.63, 3.8) is 0 Å². The van der Waals surface area contributed by atoms with Gasteiger partial charge in [-0.1, -0.05) is 60.4 Å². The fourth-order valence-electron chi connectivity index (χ4n) is 3.15. The number of hydrogen-bond donors (Lipinski definition) is 0. The quantitative estimate of drug-likeness (QED) is 0.325. The van der Waals surface area contributed by atoms with Crippen molar-refractivity contribution in [2.75, 3.05) is 7.11 Å². The maximum absolute atomic E-state index is 13.3. The summed E-state index contributed by atoms with van der Waals surface area (Å²) >= 11 is 6.72. The number of nitrogens with zero attached hydrogens (tertiary/aromatic N) is 1. The zero-order chi connectivity index (χ0) is 22.5. The number of amides is 1. The molecule has 3 aromatic carbocycles. The molecule has 0 aliphatic carbocycles. The van der Waals surface area contributed by atoms with E-state index in [1.165, 1.54) is 23.9 Å². The van der Waals surface area contributed by atoms with E-state index in [-0.39, 0.29) is 18.3 Å². The zero-order valence-corrected chi connectivity index (χ0v) is 18.9. The molecule has 1 aliphatic rings. The predicted octanol–water partition coefficient (Wildman–Crippen LogP) is 5.81. The largest absolute Gasteiger partial charge is 0.497 e. The molecule has 162 valence electrons. The highest BCUT2D eigenvalue weighted by atomic mass is 32.2. The van der Waals surface area contributed by atoms with Gasteiger partial charge < -0.3 is 9.47 Å². The van der Waals surface area contributed by atoms with Crippen molar-refractivity contribution >= 4 is 40.3 Å². The van der Waals surface area contributed by atoms with Gasteiger partial charge in [-0.2, -0.15) is 0 Å². The molecule has 0 atom stereocenters. The fraction of sp³-hybridized carbons (Fsp3) is 0.120. The molecule has 32 heavy (non-hydrogen) atoms. The van der Waals surface area contributed by atoms with E-state index in [0.29, 0.717) is 21.5 Å². The standard InChI is InChI=1S/C25H20FNO3S2/c1-29-21-9-7-18(8-10-21)15-27-24(28)23(32-25(27)31)14-17-5-11-22(12-6-17)30-16-19-3-2-4-20(26)13-19/h2-14H,15-16H2,1H3/b23-14-. The van der Waals surface area contributed by atoms with Gasteiger partial charge >= 0.3 is 0 Å². The smallest absolute Gasteiger partial charge is 0.266 e. The summed E-state index contributed by atoms with van der Waals surface area (Å²) in [5, 5.41) is 0. The topological polar surface area (TPSA) is 38.8 Å². The summed E-state index contributed by atoms with van der Waals surface area (Å²) in [5.41, 5.74) is 2.60. The highest BCUT2D eigenvalue weighted by molar-refractivity contribution is 8.26. The molecule has 3 aromatic rings. The number of methoxy groups -OCH3 is 1. The average molecular weight is 466 g/mol. The first-order valence-electron chi connectivity index (χ1n) is 9.87. The molecule has 0 spiro atoms. The van der Waals surface area contributed by atoms with Gasteiger partial charge in [0.1, 0.15) is 28.2 Å². The van der Waals surface area contributed by atoms with Crippen LogP contribution in [0.1, 0.15) is 16.7 Å². The van der Waals surface area contributed by atoms with Crippen LogP contribution >= 0.6 is 24.0 Å². The Balaban J connectivity index is 1.39. The number of thioether (sulfide) groups is 1. The Kier molecular flexibility index (Phi) is 6.87. The lowest BCUT2D eigenvalue weighted by Crippen LogP contribution is -2.27. The van der Waals surface area contributed by atoms with Gasteiger partial charge in [0, 0.05) is 0 Å². The summed E-state index contributed by atoms with van der Waals surface area (Å²) in [7, 11) is 1.62. The molecule has 0 bridgehead atoms. The van der Waals surface area contributed by atoms with Crippen molar-refractivity contribution in [1.82, 2.24) is 4.90 Å². The third-order valence-corrected chi connectivity index (χ3v) is 6.22. The number of rotatable bonds is 7. The molecule has 0 unspecified atom stereocenters. The van der Waals surface area contributed by atoms with E-state index in [4.69, 9.17) is 21.7 Å². The van der Waals surface area contributed by atoms with Crippen LogP contribution in [-0.4, -0.2) is 22.2 Å². The fourth-order valence-corrected chi connectivity index (χ4v) is 4.41.